The molecule has 250 valence electrons. The summed E-state index contributed by atoms with van der Waals surface area (Å²) in [5, 5.41) is 11.7. The van der Waals surface area contributed by atoms with E-state index in [0.717, 1.165) is 11.0 Å². The minimum absolute atomic E-state index is 0.0311. The highest BCUT2D eigenvalue weighted by atomic mass is 32.2. The smallest absolute Gasteiger partial charge is 0.353 e. The second-order valence-electron chi connectivity index (χ2n) is 13.5. The highest BCUT2D eigenvalue weighted by molar-refractivity contribution is 7.98. The molecule has 7 nitrogen and oxygen atoms in total. The maximum absolute atomic E-state index is 17.6. The van der Waals surface area contributed by atoms with Crippen LogP contribution in [0, 0.1) is 28.6 Å². The van der Waals surface area contributed by atoms with Crippen LogP contribution in [0.1, 0.15) is 50.4 Å². The quantitative estimate of drug-likeness (QED) is 0.246. The van der Waals surface area contributed by atoms with Gasteiger partial charge in [-0.05, 0) is 98.5 Å². The van der Waals surface area contributed by atoms with Crippen LogP contribution in [0.4, 0.5) is 13.2 Å². The number of hydrogen-bond donors (Lipinski definition) is 1. The fourth-order valence-electron chi connectivity index (χ4n) is 9.04. The van der Waals surface area contributed by atoms with Crippen LogP contribution < -0.4 is 4.74 Å². The molecule has 47 heavy (non-hydrogen) atoms. The van der Waals surface area contributed by atoms with Gasteiger partial charge in [0, 0.05) is 27.6 Å². The third-order valence-corrected chi connectivity index (χ3v) is 12.0. The summed E-state index contributed by atoms with van der Waals surface area (Å²) < 4.78 is 63.9. The maximum atomic E-state index is 17.6. The van der Waals surface area contributed by atoms with Crippen LogP contribution in [0.5, 0.6) is 11.5 Å². The van der Waals surface area contributed by atoms with Crippen molar-refractivity contribution in [3.63, 3.8) is 0 Å². The predicted octanol–water partition coefficient (Wildman–Crippen LogP) is 7.13. The largest absolute Gasteiger partial charge is 0.457 e. The van der Waals surface area contributed by atoms with Crippen LogP contribution in [0.15, 0.2) is 77.2 Å². The van der Waals surface area contributed by atoms with Gasteiger partial charge < -0.3 is 19.3 Å². The van der Waals surface area contributed by atoms with Gasteiger partial charge in [0.2, 0.25) is 12.5 Å². The zero-order valence-corrected chi connectivity index (χ0v) is 27.3. The average molecular weight is 671 g/mol. The molecule has 4 aliphatic carbocycles. The molecule has 3 saturated carbocycles. The van der Waals surface area contributed by atoms with Gasteiger partial charge in [0.05, 0.1) is 11.7 Å². The van der Waals surface area contributed by atoms with Crippen molar-refractivity contribution in [1.29, 1.82) is 0 Å². The topological polar surface area (TPSA) is 99.1 Å². The van der Waals surface area contributed by atoms with E-state index in [4.69, 9.17) is 14.2 Å². The summed E-state index contributed by atoms with van der Waals surface area (Å²) in [6.45, 7) is 3.20. The Kier molecular flexibility index (Phi) is 8.40. The Morgan fingerprint density at radius 3 is 2.47 bits per heavy atom. The number of halogens is 3. The number of benzene rings is 2. The van der Waals surface area contributed by atoms with Gasteiger partial charge in [-0.3, -0.25) is 4.79 Å². The average Bonchev–Trinajstić information content (AvgIpc) is 3.26. The summed E-state index contributed by atoms with van der Waals surface area (Å²) in [6, 6.07) is 13.5. The highest BCUT2D eigenvalue weighted by Gasteiger charge is 2.78. The minimum Gasteiger partial charge on any atom is -0.457 e. The molecule has 11 heteroatoms. The van der Waals surface area contributed by atoms with Crippen LogP contribution >= 0.6 is 11.8 Å². The Morgan fingerprint density at radius 2 is 1.79 bits per heavy atom. The number of ether oxygens (including phenoxy) is 3. The molecule has 3 fully saturated rings. The van der Waals surface area contributed by atoms with E-state index in [-0.39, 0.29) is 30.4 Å². The van der Waals surface area contributed by atoms with E-state index in [2.05, 4.69) is 0 Å². The first-order chi connectivity index (χ1) is 22.2. The second-order valence-corrected chi connectivity index (χ2v) is 14.3. The molecule has 4 aliphatic rings. The molecule has 1 N–H and O–H groups in total. The van der Waals surface area contributed by atoms with E-state index < -0.39 is 76.7 Å². The molecule has 2 aromatic carbocycles. The van der Waals surface area contributed by atoms with Gasteiger partial charge in [0.25, 0.3) is 0 Å². The van der Waals surface area contributed by atoms with Crippen LogP contribution in [0.3, 0.4) is 0 Å². The summed E-state index contributed by atoms with van der Waals surface area (Å²) in [6.07, 6.45) is 1.50. The lowest BCUT2D eigenvalue weighted by Gasteiger charge is -2.63. The van der Waals surface area contributed by atoms with Crippen molar-refractivity contribution in [2.75, 3.05) is 13.1 Å². The van der Waals surface area contributed by atoms with Gasteiger partial charge >= 0.3 is 11.9 Å². The predicted molar refractivity (Wildman–Crippen MR) is 168 cm³/mol. The normalized spacial score (nSPS) is 37.2. The third kappa shape index (κ3) is 4.86. The van der Waals surface area contributed by atoms with Gasteiger partial charge in [0.1, 0.15) is 17.7 Å². The molecule has 0 bridgehead atoms. The first kappa shape index (κ1) is 33.3. The Bertz CT molecular complexity index is 1660. The molecule has 0 radical (unpaired) electrons. The SMILES string of the molecule is CSc1cccc(Oc2ccc(C(=O)OC3(C(=O)OCF)[C@H](C)C[C@H]4[C@@H]5C[C@H](F)C6=CC(=O)C=C[C@]6(C)C5(F)[C@@H](O)C[C@@]43C)cc2)c1. The van der Waals surface area contributed by atoms with E-state index in [0.29, 0.717) is 11.5 Å². The fraction of sp³-hybridized carbons (Fsp3) is 0.472. The molecule has 2 unspecified atom stereocenters. The number of ketones is 1. The van der Waals surface area contributed by atoms with Crippen LogP contribution in [0.25, 0.3) is 0 Å². The summed E-state index contributed by atoms with van der Waals surface area (Å²) in [5.41, 5.74) is -7.59. The van der Waals surface area contributed by atoms with Crippen molar-refractivity contribution < 1.29 is 46.9 Å². The molecule has 0 heterocycles. The molecule has 0 aliphatic heterocycles. The molecule has 6 rings (SSSR count). The zero-order chi connectivity index (χ0) is 33.9. The number of thioether (sulfide) groups is 1. The summed E-state index contributed by atoms with van der Waals surface area (Å²) in [4.78, 5) is 40.7. The molecule has 9 atom stereocenters. The van der Waals surface area contributed by atoms with Crippen LogP contribution in [0.2, 0.25) is 0 Å². The van der Waals surface area contributed by atoms with Crippen molar-refractivity contribution in [2.24, 2.45) is 28.6 Å². The number of fused-ring (bicyclic) bond motifs is 5. The Morgan fingerprint density at radius 1 is 1.06 bits per heavy atom. The van der Waals surface area contributed by atoms with Gasteiger partial charge in [-0.25, -0.2) is 22.8 Å². The molecule has 0 spiro atoms. The van der Waals surface area contributed by atoms with E-state index in [1.54, 1.807) is 43.8 Å². The standard InChI is InChI=1S/C36H37F3O7S/c1-20-14-26-27-17-29(38)28-15-22(40)12-13-33(28,2)35(27,39)30(41)18-34(26,3)36(20,32(43)44-19-37)46-31(42)21-8-10-23(11-9-21)45-24-6-5-7-25(16-24)47-4/h5-13,15-16,20,26-27,29-30,41H,14,17-19H2,1-4H3/t20-,26+,27+,29+,30+,33+,34+,35?,36?/m1/s1. The number of rotatable bonds is 7. The molecule has 2 aromatic rings. The van der Waals surface area contributed by atoms with E-state index in [9.17, 15) is 23.9 Å². The van der Waals surface area contributed by atoms with Crippen molar-refractivity contribution in [1.82, 2.24) is 0 Å². The first-order valence-corrected chi connectivity index (χ1v) is 16.8. The molecule has 0 amide bonds. The number of carbonyl (C=O) groups excluding carboxylic acids is 3. The van der Waals surface area contributed by atoms with Gasteiger partial charge in [-0.1, -0.05) is 26.0 Å². The third-order valence-electron chi connectivity index (χ3n) is 11.3. The fourth-order valence-corrected chi connectivity index (χ4v) is 9.49. The van der Waals surface area contributed by atoms with Crippen molar-refractivity contribution in [2.45, 2.75) is 68.5 Å². The molecular weight excluding hydrogens is 633 g/mol. The lowest BCUT2D eigenvalue weighted by Crippen LogP contribution is -2.71. The van der Waals surface area contributed by atoms with Crippen molar-refractivity contribution in [3.8, 4) is 11.5 Å². The highest BCUT2D eigenvalue weighted by Crippen LogP contribution is 2.71. The first-order valence-electron chi connectivity index (χ1n) is 15.6. The number of aliphatic hydroxyl groups excluding tert-OH is 1. The minimum atomic E-state index is -2.40. The van der Waals surface area contributed by atoms with Gasteiger partial charge in [0.15, 0.2) is 11.5 Å². The number of esters is 2. The lowest BCUT2D eigenvalue weighted by atomic mass is 9.44. The summed E-state index contributed by atoms with van der Waals surface area (Å²) in [7, 11) is 0. The number of allylic oxidation sites excluding steroid dienone is 4. The van der Waals surface area contributed by atoms with E-state index in [1.807, 2.05) is 24.5 Å². The zero-order valence-electron chi connectivity index (χ0n) is 26.5. The van der Waals surface area contributed by atoms with E-state index in [1.165, 1.54) is 31.2 Å². The number of alkyl halides is 3. The summed E-state index contributed by atoms with van der Waals surface area (Å²) >= 11 is 1.56. The number of aliphatic hydroxyl groups is 1. The lowest BCUT2D eigenvalue weighted by molar-refractivity contribution is -0.232. The van der Waals surface area contributed by atoms with E-state index >= 15 is 8.78 Å². The van der Waals surface area contributed by atoms with Crippen molar-refractivity contribution in [3.05, 3.63) is 77.9 Å². The number of hydrogen-bond acceptors (Lipinski definition) is 8. The monoisotopic (exact) mass is 670 g/mol. The maximum Gasteiger partial charge on any atom is 0.353 e. The number of carbonyl (C=O) groups is 3. The summed E-state index contributed by atoms with van der Waals surface area (Å²) in [5.74, 6) is -4.20. The van der Waals surface area contributed by atoms with Crippen LogP contribution in [-0.4, -0.2) is 59.5 Å². The Labute approximate surface area is 275 Å². The second kappa shape index (κ2) is 11.8. The molecule has 0 aromatic heterocycles. The molecule has 0 saturated heterocycles. The van der Waals surface area contributed by atoms with Crippen LogP contribution in [-0.2, 0) is 19.1 Å². The van der Waals surface area contributed by atoms with Gasteiger partial charge in [-0.15, -0.1) is 11.8 Å². The Balaban J connectivity index is 1.34. The van der Waals surface area contributed by atoms with Gasteiger partial charge in [-0.2, -0.15) is 0 Å². The van der Waals surface area contributed by atoms with Crippen molar-refractivity contribution >= 4 is 29.5 Å². The Hall–Kier alpha value is -3.57. The molecular formula is C36H37F3O7S.